The minimum absolute atomic E-state index is 0.318. The molecule has 5 heteroatoms. The molecule has 0 aliphatic carbocycles. The fourth-order valence-corrected chi connectivity index (χ4v) is 2.01. The fourth-order valence-electron chi connectivity index (χ4n) is 1.64. The summed E-state index contributed by atoms with van der Waals surface area (Å²) in [6.45, 7) is 1.88. The lowest BCUT2D eigenvalue weighted by Crippen LogP contribution is -2.13. The van der Waals surface area contributed by atoms with Crippen molar-refractivity contribution in [2.24, 2.45) is 0 Å². The number of hydrogen-bond donors (Lipinski definition) is 2. The Morgan fingerprint density at radius 1 is 1.16 bits per heavy atom. The second-order valence-electron chi connectivity index (χ2n) is 4.15. The molecule has 0 saturated heterocycles. The quantitative estimate of drug-likeness (QED) is 0.818. The number of carbonyl (C=O) groups is 1. The number of nitrogens with two attached hydrogens (primary N) is 1. The van der Waals surface area contributed by atoms with Crippen LogP contribution in [0.3, 0.4) is 0 Å². The number of anilines is 2. The van der Waals surface area contributed by atoms with Crippen molar-refractivity contribution in [2.45, 2.75) is 6.92 Å². The van der Waals surface area contributed by atoms with Gasteiger partial charge in [0.25, 0.3) is 5.91 Å². The van der Waals surface area contributed by atoms with Crippen LogP contribution in [0.1, 0.15) is 15.9 Å². The smallest absolute Gasteiger partial charge is 0.257 e. The molecule has 3 nitrogen and oxygen atoms in total. The van der Waals surface area contributed by atoms with Gasteiger partial charge in [-0.25, -0.2) is 0 Å². The molecule has 98 valence electrons. The molecule has 0 atom stereocenters. The number of halogens is 2. The van der Waals surface area contributed by atoms with Crippen molar-refractivity contribution in [1.29, 1.82) is 0 Å². The average molecular weight is 295 g/mol. The Balaban J connectivity index is 2.30. The molecule has 0 unspecified atom stereocenters. The van der Waals surface area contributed by atoms with Crippen LogP contribution in [0.15, 0.2) is 36.4 Å². The van der Waals surface area contributed by atoms with Gasteiger partial charge in [0.15, 0.2) is 0 Å². The maximum absolute atomic E-state index is 12.2. The Labute approximate surface area is 121 Å². The van der Waals surface area contributed by atoms with E-state index in [1.165, 1.54) is 6.07 Å². The van der Waals surface area contributed by atoms with Crippen LogP contribution >= 0.6 is 23.2 Å². The molecule has 0 radical (unpaired) electrons. The van der Waals surface area contributed by atoms with E-state index >= 15 is 0 Å². The predicted molar refractivity (Wildman–Crippen MR) is 80.0 cm³/mol. The number of benzene rings is 2. The summed E-state index contributed by atoms with van der Waals surface area (Å²) in [5.41, 5.74) is 8.18. The summed E-state index contributed by atoms with van der Waals surface area (Å²) >= 11 is 11.8. The summed E-state index contributed by atoms with van der Waals surface area (Å²) in [5.74, 6) is -0.318. The van der Waals surface area contributed by atoms with E-state index in [1.807, 2.05) is 13.0 Å². The van der Waals surface area contributed by atoms with Crippen molar-refractivity contribution in [3.05, 3.63) is 57.6 Å². The van der Waals surface area contributed by atoms with Gasteiger partial charge in [-0.1, -0.05) is 29.3 Å². The molecule has 19 heavy (non-hydrogen) atoms. The van der Waals surface area contributed by atoms with E-state index in [4.69, 9.17) is 28.9 Å². The van der Waals surface area contributed by atoms with Gasteiger partial charge in [0.1, 0.15) is 0 Å². The van der Waals surface area contributed by atoms with E-state index < -0.39 is 0 Å². The molecule has 0 heterocycles. The maximum Gasteiger partial charge on any atom is 0.257 e. The summed E-state index contributed by atoms with van der Waals surface area (Å²) in [7, 11) is 0. The topological polar surface area (TPSA) is 55.1 Å². The lowest BCUT2D eigenvalue weighted by atomic mass is 10.1. The highest BCUT2D eigenvalue weighted by atomic mass is 35.5. The maximum atomic E-state index is 12.2. The van der Waals surface area contributed by atoms with Gasteiger partial charge in [0, 0.05) is 16.4 Å². The van der Waals surface area contributed by atoms with E-state index in [-0.39, 0.29) is 5.91 Å². The highest BCUT2D eigenvalue weighted by Gasteiger charge is 2.12. The van der Waals surface area contributed by atoms with Crippen LogP contribution in [-0.4, -0.2) is 5.91 Å². The molecule has 0 aliphatic rings. The summed E-state index contributed by atoms with van der Waals surface area (Å²) in [5, 5.41) is 3.58. The van der Waals surface area contributed by atoms with E-state index in [0.29, 0.717) is 27.0 Å². The molecule has 1 amide bonds. The summed E-state index contributed by atoms with van der Waals surface area (Å²) in [4.78, 5) is 12.2. The summed E-state index contributed by atoms with van der Waals surface area (Å²) in [6, 6.07) is 10.1. The van der Waals surface area contributed by atoms with E-state index in [1.54, 1.807) is 24.3 Å². The van der Waals surface area contributed by atoms with Crippen LogP contribution in [0, 0.1) is 6.92 Å². The molecular weight excluding hydrogens is 283 g/mol. The molecule has 0 aliphatic heterocycles. The summed E-state index contributed by atoms with van der Waals surface area (Å²) < 4.78 is 0. The third-order valence-corrected chi connectivity index (χ3v) is 3.25. The van der Waals surface area contributed by atoms with Crippen molar-refractivity contribution in [1.82, 2.24) is 0 Å². The molecule has 2 rings (SSSR count). The van der Waals surface area contributed by atoms with Crippen molar-refractivity contribution >= 4 is 40.5 Å². The highest BCUT2D eigenvalue weighted by molar-refractivity contribution is 6.36. The Kier molecular flexibility index (Phi) is 3.98. The van der Waals surface area contributed by atoms with Gasteiger partial charge in [0.05, 0.1) is 10.6 Å². The molecule has 2 aromatic carbocycles. The first-order valence-corrected chi connectivity index (χ1v) is 6.35. The minimum atomic E-state index is -0.318. The van der Waals surface area contributed by atoms with Crippen LogP contribution in [0.4, 0.5) is 11.4 Å². The number of nitrogen functional groups attached to an aromatic ring is 1. The van der Waals surface area contributed by atoms with Crippen molar-refractivity contribution in [2.75, 3.05) is 11.1 Å². The number of amides is 1. The van der Waals surface area contributed by atoms with Gasteiger partial charge in [0.2, 0.25) is 0 Å². The van der Waals surface area contributed by atoms with E-state index in [9.17, 15) is 4.79 Å². The Morgan fingerprint density at radius 2 is 1.89 bits per heavy atom. The van der Waals surface area contributed by atoms with E-state index in [0.717, 1.165) is 5.56 Å². The van der Waals surface area contributed by atoms with Crippen LogP contribution in [0.5, 0.6) is 0 Å². The number of rotatable bonds is 2. The molecule has 0 spiro atoms. The molecule has 0 bridgehead atoms. The zero-order valence-electron chi connectivity index (χ0n) is 10.2. The largest absolute Gasteiger partial charge is 0.399 e. The first-order valence-electron chi connectivity index (χ1n) is 5.60. The first-order chi connectivity index (χ1) is 8.97. The van der Waals surface area contributed by atoms with Crippen LogP contribution in [-0.2, 0) is 0 Å². The SMILES string of the molecule is Cc1ccc(N)cc1NC(=O)c1cc(Cl)ccc1Cl. The van der Waals surface area contributed by atoms with Crippen LogP contribution in [0.2, 0.25) is 10.0 Å². The Hall–Kier alpha value is -1.71. The monoisotopic (exact) mass is 294 g/mol. The number of aryl methyl sites for hydroxylation is 1. The first kappa shape index (κ1) is 13.7. The second kappa shape index (κ2) is 5.51. The predicted octanol–water partition coefficient (Wildman–Crippen LogP) is 4.14. The molecule has 2 aromatic rings. The van der Waals surface area contributed by atoms with Gasteiger partial charge in [-0.3, -0.25) is 4.79 Å². The lowest BCUT2D eigenvalue weighted by molar-refractivity contribution is 0.102. The average Bonchev–Trinajstić information content (AvgIpc) is 2.36. The van der Waals surface area contributed by atoms with E-state index in [2.05, 4.69) is 5.32 Å². The van der Waals surface area contributed by atoms with Gasteiger partial charge in [-0.05, 0) is 42.8 Å². The standard InChI is InChI=1S/C14H12Cl2N2O/c1-8-2-4-10(17)7-13(8)18-14(19)11-6-9(15)3-5-12(11)16/h2-7H,17H2,1H3,(H,18,19). The van der Waals surface area contributed by atoms with Crippen molar-refractivity contribution in [3.63, 3.8) is 0 Å². The van der Waals surface area contributed by atoms with Crippen LogP contribution < -0.4 is 11.1 Å². The van der Waals surface area contributed by atoms with Gasteiger partial charge in [-0.2, -0.15) is 0 Å². The third kappa shape index (κ3) is 3.19. The molecule has 3 N–H and O–H groups in total. The minimum Gasteiger partial charge on any atom is -0.399 e. The molecule has 0 fully saturated rings. The third-order valence-electron chi connectivity index (χ3n) is 2.68. The fraction of sp³-hybridized carbons (Fsp3) is 0.0714. The zero-order valence-corrected chi connectivity index (χ0v) is 11.7. The van der Waals surface area contributed by atoms with Gasteiger partial charge >= 0.3 is 0 Å². The molecule has 0 aromatic heterocycles. The number of hydrogen-bond acceptors (Lipinski definition) is 2. The lowest BCUT2D eigenvalue weighted by Gasteiger charge is -2.10. The van der Waals surface area contributed by atoms with Gasteiger partial charge in [-0.15, -0.1) is 0 Å². The Morgan fingerprint density at radius 3 is 2.63 bits per heavy atom. The van der Waals surface area contributed by atoms with Crippen molar-refractivity contribution in [3.8, 4) is 0 Å². The van der Waals surface area contributed by atoms with Crippen LogP contribution in [0.25, 0.3) is 0 Å². The zero-order chi connectivity index (χ0) is 14.0. The van der Waals surface area contributed by atoms with Crippen molar-refractivity contribution < 1.29 is 4.79 Å². The summed E-state index contributed by atoms with van der Waals surface area (Å²) in [6.07, 6.45) is 0. The highest BCUT2D eigenvalue weighted by Crippen LogP contribution is 2.23. The Bertz CT molecular complexity index is 641. The normalized spacial score (nSPS) is 10.3. The number of carbonyl (C=O) groups excluding carboxylic acids is 1. The number of nitrogens with one attached hydrogen (secondary N) is 1. The van der Waals surface area contributed by atoms with Gasteiger partial charge < -0.3 is 11.1 Å². The molecule has 0 saturated carbocycles. The molecular formula is C14H12Cl2N2O. The second-order valence-corrected chi connectivity index (χ2v) is 5.00.